The van der Waals surface area contributed by atoms with E-state index < -0.39 is 16.4 Å². The number of rotatable bonds is 4. The van der Waals surface area contributed by atoms with Crippen molar-refractivity contribution in [2.24, 2.45) is 0 Å². The molecule has 0 unspecified atom stereocenters. The van der Waals surface area contributed by atoms with Crippen LogP contribution in [-0.2, 0) is 10.3 Å². The zero-order valence-corrected chi connectivity index (χ0v) is 8.29. The van der Waals surface area contributed by atoms with Crippen LogP contribution >= 0.6 is 0 Å². The number of nitro groups is 1. The third-order valence-corrected chi connectivity index (χ3v) is 2.64. The summed E-state index contributed by atoms with van der Waals surface area (Å²) in [6.07, 6.45) is 1.35. The van der Waals surface area contributed by atoms with E-state index in [9.17, 15) is 14.9 Å². The van der Waals surface area contributed by atoms with Crippen LogP contribution in [0.15, 0.2) is 12.3 Å². The lowest BCUT2D eigenvalue weighted by molar-refractivity contribution is -0.390. The number of hydrogen-bond donors (Lipinski definition) is 2. The lowest BCUT2D eigenvalue weighted by Crippen LogP contribution is -2.61. The molecule has 0 aliphatic carbocycles. The van der Waals surface area contributed by atoms with Gasteiger partial charge in [0.05, 0.1) is 23.8 Å². The highest BCUT2D eigenvalue weighted by Crippen LogP contribution is 2.26. The minimum Gasteiger partial charge on any atom is -0.481 e. The fraction of sp³-hybridized carbons (Fsp3) is 0.500. The van der Waals surface area contributed by atoms with Crippen LogP contribution in [0.5, 0.6) is 0 Å². The average molecular weight is 226 g/mol. The summed E-state index contributed by atoms with van der Waals surface area (Å²) in [4.78, 5) is 20.6. The quantitative estimate of drug-likeness (QED) is 0.532. The molecule has 2 N–H and O–H groups in total. The molecule has 0 radical (unpaired) electrons. The third-order valence-electron chi connectivity index (χ3n) is 2.64. The molecule has 1 aliphatic heterocycles. The second-order valence-electron chi connectivity index (χ2n) is 3.77. The smallest absolute Gasteiger partial charge is 0.389 e. The predicted molar refractivity (Wildman–Crippen MR) is 52.0 cm³/mol. The summed E-state index contributed by atoms with van der Waals surface area (Å²) < 4.78 is 1.37. The summed E-state index contributed by atoms with van der Waals surface area (Å²) in [6.45, 7) is 0.913. The zero-order valence-electron chi connectivity index (χ0n) is 8.29. The third kappa shape index (κ3) is 1.63. The minimum absolute atomic E-state index is 0.0984. The van der Waals surface area contributed by atoms with E-state index in [2.05, 4.69) is 10.4 Å². The van der Waals surface area contributed by atoms with E-state index in [1.165, 1.54) is 16.9 Å². The van der Waals surface area contributed by atoms with Gasteiger partial charge < -0.3 is 20.5 Å². The Hall–Kier alpha value is -1.96. The van der Waals surface area contributed by atoms with Gasteiger partial charge in [-0.3, -0.25) is 4.79 Å². The summed E-state index contributed by atoms with van der Waals surface area (Å²) in [5, 5.41) is 26.0. The van der Waals surface area contributed by atoms with Crippen molar-refractivity contribution >= 4 is 11.8 Å². The number of nitrogens with zero attached hydrogens (tertiary/aromatic N) is 3. The minimum atomic E-state index is -0.945. The molecule has 0 spiro atoms. The van der Waals surface area contributed by atoms with Crippen LogP contribution in [0.4, 0.5) is 5.82 Å². The van der Waals surface area contributed by atoms with Crippen molar-refractivity contribution in [2.45, 2.75) is 12.0 Å². The Labute approximate surface area is 90.0 Å². The molecule has 1 fully saturated rings. The van der Waals surface area contributed by atoms with Crippen LogP contribution in [0.3, 0.4) is 0 Å². The van der Waals surface area contributed by atoms with Crippen molar-refractivity contribution in [2.75, 3.05) is 13.1 Å². The molecule has 1 aromatic heterocycles. The second kappa shape index (κ2) is 3.56. The maximum absolute atomic E-state index is 10.7. The highest BCUT2D eigenvalue weighted by Gasteiger charge is 2.44. The molecule has 0 amide bonds. The topological polar surface area (TPSA) is 110 Å². The van der Waals surface area contributed by atoms with Crippen molar-refractivity contribution in [1.82, 2.24) is 15.1 Å². The Morgan fingerprint density at radius 1 is 1.75 bits per heavy atom. The molecule has 2 heterocycles. The second-order valence-corrected chi connectivity index (χ2v) is 3.77. The molecule has 16 heavy (non-hydrogen) atoms. The molecule has 0 aromatic carbocycles. The SMILES string of the molecule is O=C(O)CC1(n2ccc([N+](=O)[O-])n2)CNC1. The van der Waals surface area contributed by atoms with E-state index >= 15 is 0 Å². The van der Waals surface area contributed by atoms with Gasteiger partial charge in [-0.25, -0.2) is 0 Å². The molecule has 86 valence electrons. The number of carboxylic acids is 1. The molecule has 1 saturated heterocycles. The van der Waals surface area contributed by atoms with Crippen LogP contribution in [0.1, 0.15) is 6.42 Å². The van der Waals surface area contributed by atoms with Gasteiger partial charge in [0.1, 0.15) is 5.54 Å². The summed E-state index contributed by atoms with van der Waals surface area (Å²) in [7, 11) is 0. The molecule has 1 aliphatic rings. The molecular formula is C8H10N4O4. The lowest BCUT2D eigenvalue weighted by atomic mass is 9.89. The van der Waals surface area contributed by atoms with Gasteiger partial charge in [0.2, 0.25) is 0 Å². The van der Waals surface area contributed by atoms with Gasteiger partial charge in [-0.15, -0.1) is 0 Å². The Morgan fingerprint density at radius 2 is 2.44 bits per heavy atom. The maximum atomic E-state index is 10.7. The van der Waals surface area contributed by atoms with Crippen molar-refractivity contribution < 1.29 is 14.8 Å². The van der Waals surface area contributed by atoms with Gasteiger partial charge in [-0.1, -0.05) is 0 Å². The standard InChI is InChI=1S/C8H10N4O4/c13-7(14)3-8(4-9-5-8)11-2-1-6(10-11)12(15)16/h1-2,9H,3-5H2,(H,13,14). The maximum Gasteiger partial charge on any atom is 0.389 e. The highest BCUT2D eigenvalue weighted by atomic mass is 16.6. The first-order valence-electron chi connectivity index (χ1n) is 4.67. The predicted octanol–water partition coefficient (Wildman–Crippen LogP) is -0.435. The first-order chi connectivity index (χ1) is 7.53. The zero-order chi connectivity index (χ0) is 11.8. The summed E-state index contributed by atoms with van der Waals surface area (Å²) in [5.74, 6) is -1.21. The Morgan fingerprint density at radius 3 is 2.81 bits per heavy atom. The van der Waals surface area contributed by atoms with E-state index in [4.69, 9.17) is 5.11 Å². The first kappa shape index (κ1) is 10.6. The Kier molecular flexibility index (Phi) is 2.35. The van der Waals surface area contributed by atoms with Crippen LogP contribution < -0.4 is 5.32 Å². The van der Waals surface area contributed by atoms with Crippen LogP contribution in [0, 0.1) is 10.1 Å². The lowest BCUT2D eigenvalue weighted by Gasteiger charge is -2.39. The molecule has 2 rings (SSSR count). The van der Waals surface area contributed by atoms with Crippen LogP contribution in [0.2, 0.25) is 0 Å². The average Bonchev–Trinajstić information content (AvgIpc) is 2.59. The first-order valence-corrected chi connectivity index (χ1v) is 4.67. The number of aromatic nitrogens is 2. The van der Waals surface area contributed by atoms with Gasteiger partial charge in [0.15, 0.2) is 0 Å². The number of aliphatic carboxylic acids is 1. The largest absolute Gasteiger partial charge is 0.481 e. The number of nitrogens with one attached hydrogen (secondary N) is 1. The van der Waals surface area contributed by atoms with Crippen molar-refractivity contribution in [3.05, 3.63) is 22.4 Å². The number of carboxylic acid groups (broad SMARTS) is 1. The summed E-state index contributed by atoms with van der Waals surface area (Å²) in [5.41, 5.74) is -0.667. The molecule has 1 aromatic rings. The Balaban J connectivity index is 2.26. The molecule has 8 nitrogen and oxygen atoms in total. The van der Waals surface area contributed by atoms with Crippen molar-refractivity contribution in [3.8, 4) is 0 Å². The van der Waals surface area contributed by atoms with E-state index in [0.717, 1.165) is 0 Å². The summed E-state index contributed by atoms with van der Waals surface area (Å²) in [6, 6.07) is 1.27. The van der Waals surface area contributed by atoms with Gasteiger partial charge in [0, 0.05) is 13.1 Å². The monoisotopic (exact) mass is 226 g/mol. The van der Waals surface area contributed by atoms with E-state index in [1.54, 1.807) is 0 Å². The van der Waals surface area contributed by atoms with Crippen molar-refractivity contribution in [3.63, 3.8) is 0 Å². The van der Waals surface area contributed by atoms with Crippen LogP contribution in [0.25, 0.3) is 0 Å². The van der Waals surface area contributed by atoms with E-state index in [1.807, 2.05) is 0 Å². The highest BCUT2D eigenvalue weighted by molar-refractivity contribution is 5.68. The molecule has 0 atom stereocenters. The number of carbonyl (C=O) groups is 1. The van der Waals surface area contributed by atoms with Gasteiger partial charge in [-0.2, -0.15) is 4.68 Å². The van der Waals surface area contributed by atoms with E-state index in [0.29, 0.717) is 13.1 Å². The fourth-order valence-electron chi connectivity index (χ4n) is 1.74. The molecule has 0 saturated carbocycles. The van der Waals surface area contributed by atoms with Crippen LogP contribution in [-0.4, -0.2) is 38.9 Å². The Bertz CT molecular complexity index is 437. The van der Waals surface area contributed by atoms with E-state index in [-0.39, 0.29) is 12.2 Å². The molecule has 0 bridgehead atoms. The normalized spacial score (nSPS) is 17.8. The van der Waals surface area contributed by atoms with Gasteiger partial charge >= 0.3 is 11.8 Å². The molecule has 8 heteroatoms. The fourth-order valence-corrected chi connectivity index (χ4v) is 1.74. The van der Waals surface area contributed by atoms with Crippen molar-refractivity contribution in [1.29, 1.82) is 0 Å². The molecular weight excluding hydrogens is 216 g/mol. The summed E-state index contributed by atoms with van der Waals surface area (Å²) >= 11 is 0. The number of hydrogen-bond acceptors (Lipinski definition) is 5. The van der Waals surface area contributed by atoms with Gasteiger partial charge in [-0.05, 0) is 4.92 Å². The van der Waals surface area contributed by atoms with Gasteiger partial charge in [0.25, 0.3) is 0 Å².